The lowest BCUT2D eigenvalue weighted by atomic mass is 9.87. The van der Waals surface area contributed by atoms with Crippen molar-refractivity contribution in [3.8, 4) is 0 Å². The summed E-state index contributed by atoms with van der Waals surface area (Å²) in [5.74, 6) is -1.94. The summed E-state index contributed by atoms with van der Waals surface area (Å²) in [5.41, 5.74) is 28.4. The highest BCUT2D eigenvalue weighted by Gasteiger charge is 2.49. The molecule has 1 amide bonds. The van der Waals surface area contributed by atoms with Gasteiger partial charge in [0.2, 0.25) is 5.91 Å². The van der Waals surface area contributed by atoms with Crippen LogP contribution in [0, 0.1) is 5.92 Å². The Morgan fingerprint density at radius 2 is 1.02 bits per heavy atom. The maximum atomic E-state index is 11.2. The number of ketones is 5. The third kappa shape index (κ3) is 11.7. The van der Waals surface area contributed by atoms with Crippen molar-refractivity contribution in [2.24, 2.45) is 40.3 Å². The molecule has 5 unspecified atom stereocenters. The van der Waals surface area contributed by atoms with Gasteiger partial charge < -0.3 is 63.2 Å². The largest absolute Gasteiger partial charge is 0.479 e. The first kappa shape index (κ1) is 47.9. The van der Waals surface area contributed by atoms with Crippen LogP contribution in [0.15, 0.2) is 0 Å². The molecule has 19 nitrogen and oxygen atoms in total. The molecule has 5 rings (SSSR count). The highest BCUT2D eigenvalue weighted by Crippen LogP contribution is 2.26. The van der Waals surface area contributed by atoms with Crippen LogP contribution < -0.4 is 34.4 Å². The van der Waals surface area contributed by atoms with E-state index >= 15 is 0 Å². The number of ether oxygens (including phenoxy) is 5. The first-order valence-corrected chi connectivity index (χ1v) is 17.2. The number of primary amides is 1. The van der Waals surface area contributed by atoms with Crippen LogP contribution in [-0.2, 0) is 57.2 Å². The molecule has 5 fully saturated rings. The van der Waals surface area contributed by atoms with Crippen LogP contribution >= 0.6 is 0 Å². The summed E-state index contributed by atoms with van der Waals surface area (Å²) in [6.07, 6.45) is -1.30. The van der Waals surface area contributed by atoms with E-state index in [9.17, 15) is 33.6 Å². The van der Waals surface area contributed by atoms with Crippen LogP contribution in [0.4, 0.5) is 0 Å². The number of amides is 1. The fourth-order valence-corrected chi connectivity index (χ4v) is 5.62. The Kier molecular flexibility index (Phi) is 16.7. The Morgan fingerprint density at radius 3 is 1.21 bits per heavy atom. The van der Waals surface area contributed by atoms with Gasteiger partial charge >= 0.3 is 5.97 Å². The molecule has 53 heavy (non-hydrogen) atoms. The maximum Gasteiger partial charge on any atom is 0.335 e. The zero-order valence-corrected chi connectivity index (χ0v) is 32.2. The van der Waals surface area contributed by atoms with Crippen LogP contribution in [0.25, 0.3) is 0 Å². The van der Waals surface area contributed by atoms with Gasteiger partial charge in [-0.1, -0.05) is 20.8 Å². The molecule has 304 valence electrons. The van der Waals surface area contributed by atoms with Gasteiger partial charge in [0, 0.05) is 0 Å². The summed E-state index contributed by atoms with van der Waals surface area (Å²) in [6.45, 7) is 16.2. The lowest BCUT2D eigenvalue weighted by molar-refractivity contribution is -0.149. The second kappa shape index (κ2) is 18.5. The molecule has 0 aromatic rings. The first-order valence-electron chi connectivity index (χ1n) is 17.2. The molecule has 0 aromatic heterocycles. The Morgan fingerprint density at radius 1 is 0.642 bits per heavy atom. The fourth-order valence-electron chi connectivity index (χ4n) is 5.62. The topological polar surface area (TPSA) is 342 Å². The van der Waals surface area contributed by atoms with Crippen LogP contribution in [0.5, 0.6) is 0 Å². The highest BCUT2D eigenvalue weighted by atomic mass is 16.5. The summed E-state index contributed by atoms with van der Waals surface area (Å²) in [7, 11) is 0. The van der Waals surface area contributed by atoms with E-state index in [1.165, 1.54) is 6.92 Å². The van der Waals surface area contributed by atoms with Gasteiger partial charge in [-0.25, -0.2) is 4.79 Å². The van der Waals surface area contributed by atoms with Crippen molar-refractivity contribution in [1.29, 1.82) is 0 Å². The lowest BCUT2D eigenvalue weighted by Crippen LogP contribution is -2.53. The molecule has 0 bridgehead atoms. The van der Waals surface area contributed by atoms with E-state index in [1.807, 2.05) is 27.7 Å². The second-order valence-electron chi connectivity index (χ2n) is 15.2. The van der Waals surface area contributed by atoms with Crippen molar-refractivity contribution >= 4 is 40.8 Å². The monoisotopic (exact) mass is 760 g/mol. The highest BCUT2D eigenvalue weighted by molar-refractivity contribution is 5.97. The quantitative estimate of drug-likeness (QED) is 0.151. The number of hydrogen-bond donors (Lipinski definition) is 7. The molecule has 5 aliphatic heterocycles. The molecule has 19 heteroatoms. The summed E-state index contributed by atoms with van der Waals surface area (Å²) in [4.78, 5) is 75.9. The summed E-state index contributed by atoms with van der Waals surface area (Å²) in [6, 6.07) is 0. The van der Waals surface area contributed by atoms with Gasteiger partial charge in [0.05, 0.1) is 30.8 Å². The number of carbonyl (C=O) groups is 7. The number of nitrogens with two attached hydrogens (primary N) is 6. The number of carbonyl (C=O) groups excluding carboxylic acids is 6. The fraction of sp³-hybridized carbons (Fsp3) is 0.794. The van der Waals surface area contributed by atoms with Gasteiger partial charge in [0.1, 0.15) is 60.7 Å². The van der Waals surface area contributed by atoms with Crippen molar-refractivity contribution < 1.29 is 62.4 Å². The average molecular weight is 761 g/mol. The normalized spacial score (nSPS) is 39.0. The van der Waals surface area contributed by atoms with Gasteiger partial charge in [0.15, 0.2) is 35.0 Å². The van der Waals surface area contributed by atoms with Crippen LogP contribution in [0.3, 0.4) is 0 Å². The predicted octanol–water partition coefficient (Wildman–Crippen LogP) is -2.60. The standard InChI is InChI=1S/C8H15NO2.C7H12N2O3.C7H13NO2.C6H9NO4.C6H11NO2/c1-5(2)7-8(3,9)6(10)4-11-7;1-7(9)4(10)3-12-5(7)2-6(8)11;1-3-6-7(2,8)5(9)4-10-6;1-6(7)3(8)2-11-4(6)5(9)10;1-4-6(2,7)5(8)3-9-4/h5,7H,4,9H2,1-3H3;5H,2-3,9H2,1H3,(H2,8,11);6H,3-4,8H2,1-2H3;4H,2,7H2,1H3,(H,9,10);4H,3,7H2,1-2H3/t7?,8-;5?,7-;6?,7-;2*4?,6-/m11110/s1. The first-order chi connectivity index (χ1) is 24.0. The second-order valence-corrected chi connectivity index (χ2v) is 15.2. The van der Waals surface area contributed by atoms with Gasteiger partial charge in [-0.3, -0.25) is 28.8 Å². The van der Waals surface area contributed by atoms with Gasteiger partial charge in [0.25, 0.3) is 0 Å². The van der Waals surface area contributed by atoms with Crippen LogP contribution in [0.1, 0.15) is 75.2 Å². The number of aliphatic carboxylic acids is 1. The average Bonchev–Trinajstić information content (AvgIpc) is 3.72. The molecule has 0 aromatic carbocycles. The molecule has 13 N–H and O–H groups in total. The van der Waals surface area contributed by atoms with Crippen molar-refractivity contribution in [1.82, 2.24) is 0 Å². The predicted molar refractivity (Wildman–Crippen MR) is 189 cm³/mol. The minimum Gasteiger partial charge on any atom is -0.479 e. The molecule has 10 atom stereocenters. The molecule has 0 aliphatic carbocycles. The molecule has 5 heterocycles. The zero-order valence-electron chi connectivity index (χ0n) is 32.2. The van der Waals surface area contributed by atoms with E-state index in [2.05, 4.69) is 4.74 Å². The third-order valence-corrected chi connectivity index (χ3v) is 9.98. The third-order valence-electron chi connectivity index (χ3n) is 9.98. The smallest absolute Gasteiger partial charge is 0.335 e. The molecular formula is C34H60N6O13. The Balaban J connectivity index is 0.000000332. The molecule has 5 saturated heterocycles. The Labute approximate surface area is 309 Å². The number of Topliss-reactive ketones (excluding diaryl/α,β-unsaturated/α-hetero) is 5. The number of carboxylic acids is 1. The van der Waals surface area contributed by atoms with E-state index in [-0.39, 0.29) is 86.7 Å². The summed E-state index contributed by atoms with van der Waals surface area (Å²) < 4.78 is 25.1. The lowest BCUT2D eigenvalue weighted by Gasteiger charge is -2.26. The van der Waals surface area contributed by atoms with E-state index in [0.717, 1.165) is 6.42 Å². The molecule has 0 saturated carbocycles. The molecule has 5 aliphatic rings. The van der Waals surface area contributed by atoms with Gasteiger partial charge in [-0.05, 0) is 53.9 Å². The van der Waals surface area contributed by atoms with Gasteiger partial charge in [-0.2, -0.15) is 0 Å². The van der Waals surface area contributed by atoms with E-state index in [0.29, 0.717) is 5.92 Å². The minimum absolute atomic E-state index is 0.00125. The molecular weight excluding hydrogens is 700 g/mol. The van der Waals surface area contributed by atoms with Crippen molar-refractivity contribution in [3.05, 3.63) is 0 Å². The van der Waals surface area contributed by atoms with Crippen molar-refractivity contribution in [2.75, 3.05) is 33.0 Å². The van der Waals surface area contributed by atoms with E-state index in [4.69, 9.17) is 58.5 Å². The van der Waals surface area contributed by atoms with E-state index < -0.39 is 51.8 Å². The Bertz CT molecular complexity index is 1380. The summed E-state index contributed by atoms with van der Waals surface area (Å²) >= 11 is 0. The zero-order chi connectivity index (χ0) is 41.5. The minimum atomic E-state index is -1.37. The van der Waals surface area contributed by atoms with E-state index in [1.54, 1.807) is 27.7 Å². The van der Waals surface area contributed by atoms with Crippen molar-refractivity contribution in [3.63, 3.8) is 0 Å². The van der Waals surface area contributed by atoms with Gasteiger partial charge in [-0.15, -0.1) is 0 Å². The SMILES string of the molecule is CC(C)C1OCC(=O)[C@@]1(C)N.CC1OCC(=O)[C@@]1(C)N.CCC1OCC(=O)[C@@]1(C)N.C[C@@]1(N)C(=O)COC1C(=O)O.C[C@@]1(N)C(=O)COC1CC(N)=O. The molecule has 0 spiro atoms. The van der Waals surface area contributed by atoms with Crippen LogP contribution in [0.2, 0.25) is 0 Å². The summed E-state index contributed by atoms with van der Waals surface area (Å²) in [5, 5.41) is 8.51. The van der Waals surface area contributed by atoms with Crippen molar-refractivity contribution in [2.45, 2.75) is 133 Å². The maximum absolute atomic E-state index is 11.2. The van der Waals surface area contributed by atoms with Crippen LogP contribution in [-0.4, -0.2) is 137 Å². The number of hydrogen-bond acceptors (Lipinski definition) is 17. The number of carboxylic acid groups (broad SMARTS) is 1. The Hall–Kier alpha value is -3.11. The number of rotatable bonds is 5. The molecule has 0 radical (unpaired) electrons.